The lowest BCUT2D eigenvalue weighted by molar-refractivity contribution is -0.119. The molecule has 0 aliphatic carbocycles. The predicted octanol–water partition coefficient (Wildman–Crippen LogP) is 4.34. The van der Waals surface area contributed by atoms with E-state index in [1.165, 1.54) is 28.5 Å². The molecule has 4 rings (SSSR count). The summed E-state index contributed by atoms with van der Waals surface area (Å²) in [5.41, 5.74) is 6.55. The van der Waals surface area contributed by atoms with Crippen LogP contribution in [-0.2, 0) is 9.59 Å². The van der Waals surface area contributed by atoms with Gasteiger partial charge in [-0.15, -0.1) is 0 Å². The number of rotatable bonds is 3. The van der Waals surface area contributed by atoms with E-state index < -0.39 is 5.91 Å². The van der Waals surface area contributed by atoms with Crippen LogP contribution in [0.4, 0.5) is 5.69 Å². The minimum atomic E-state index is -0.481. The molecule has 128 valence electrons. The van der Waals surface area contributed by atoms with Gasteiger partial charge in [0.15, 0.2) is 5.78 Å². The molecule has 0 saturated carbocycles. The van der Waals surface area contributed by atoms with E-state index in [-0.39, 0.29) is 17.1 Å². The number of amides is 1. The molecule has 0 aromatic heterocycles. The fourth-order valence-electron chi connectivity index (χ4n) is 3.64. The van der Waals surface area contributed by atoms with E-state index in [0.29, 0.717) is 5.69 Å². The van der Waals surface area contributed by atoms with Gasteiger partial charge >= 0.3 is 0 Å². The van der Waals surface area contributed by atoms with Gasteiger partial charge in [0.1, 0.15) is 5.57 Å². The molecule has 0 fully saturated rings. The average Bonchev–Trinajstić information content (AvgIpc) is 2.58. The Bertz CT molecular complexity index is 1150. The summed E-state index contributed by atoms with van der Waals surface area (Å²) in [6.45, 7) is 2.89. The van der Waals surface area contributed by atoms with Crippen molar-refractivity contribution in [1.82, 2.24) is 0 Å². The van der Waals surface area contributed by atoms with Crippen molar-refractivity contribution in [2.45, 2.75) is 13.8 Å². The van der Waals surface area contributed by atoms with Gasteiger partial charge in [-0.2, -0.15) is 0 Å². The maximum Gasteiger partial charge on any atom is 0.261 e. The molecule has 4 aromatic rings. The molecule has 0 heterocycles. The molecular weight excluding hydrogens is 324 g/mol. The summed E-state index contributed by atoms with van der Waals surface area (Å²) in [4.78, 5) is 24.2. The van der Waals surface area contributed by atoms with Crippen LogP contribution in [0, 0.1) is 0 Å². The molecule has 0 atom stereocenters. The molecule has 0 unspecified atom stereocenters. The van der Waals surface area contributed by atoms with Gasteiger partial charge in [0.2, 0.25) is 0 Å². The maximum atomic E-state index is 12.5. The Morgan fingerprint density at radius 3 is 1.81 bits per heavy atom. The second-order valence-corrected chi connectivity index (χ2v) is 6.58. The number of carbonyl (C=O) groups excluding carboxylic acids is 2. The maximum absolute atomic E-state index is 12.5. The Hall–Kier alpha value is -3.40. The van der Waals surface area contributed by atoms with Crippen LogP contribution < -0.4 is 11.1 Å². The Morgan fingerprint density at radius 1 is 0.808 bits per heavy atom. The van der Waals surface area contributed by atoms with Crippen LogP contribution >= 0.6 is 0 Å². The normalized spacial score (nSPS) is 12.5. The topological polar surface area (TPSA) is 72.2 Å². The van der Waals surface area contributed by atoms with Crippen LogP contribution in [0.2, 0.25) is 0 Å². The van der Waals surface area contributed by atoms with Crippen LogP contribution in [-0.4, -0.2) is 11.7 Å². The van der Waals surface area contributed by atoms with Crippen molar-refractivity contribution in [2.75, 3.05) is 5.32 Å². The number of nitrogens with two attached hydrogens (primary N) is 1. The van der Waals surface area contributed by atoms with Gasteiger partial charge in [-0.3, -0.25) is 9.59 Å². The molecular formula is C22H18N2O2. The van der Waals surface area contributed by atoms with E-state index in [9.17, 15) is 9.59 Å². The van der Waals surface area contributed by atoms with E-state index >= 15 is 0 Å². The van der Waals surface area contributed by atoms with Crippen LogP contribution in [0.5, 0.6) is 0 Å². The molecule has 26 heavy (non-hydrogen) atoms. The first-order valence-corrected chi connectivity index (χ1v) is 8.42. The third kappa shape index (κ3) is 2.47. The number of ketones is 1. The minimum Gasteiger partial charge on any atom is -0.402 e. The number of benzene rings is 4. The molecule has 4 heteroatoms. The molecule has 0 aliphatic rings. The van der Waals surface area contributed by atoms with E-state index in [2.05, 4.69) is 47.8 Å². The summed E-state index contributed by atoms with van der Waals surface area (Å²) >= 11 is 0. The van der Waals surface area contributed by atoms with Crippen LogP contribution in [0.25, 0.3) is 32.3 Å². The van der Waals surface area contributed by atoms with Crippen LogP contribution in [0.15, 0.2) is 65.9 Å². The van der Waals surface area contributed by atoms with Gasteiger partial charge < -0.3 is 11.1 Å². The highest BCUT2D eigenvalue weighted by molar-refractivity contribution is 6.26. The van der Waals surface area contributed by atoms with E-state index in [1.54, 1.807) is 6.92 Å². The first-order valence-electron chi connectivity index (χ1n) is 8.42. The Labute approximate surface area is 150 Å². The molecule has 3 N–H and O–H groups in total. The third-order valence-corrected chi connectivity index (χ3v) is 4.69. The molecule has 0 radical (unpaired) electrons. The number of allylic oxidation sites excluding steroid dienone is 1. The van der Waals surface area contributed by atoms with Crippen molar-refractivity contribution in [2.24, 2.45) is 5.73 Å². The van der Waals surface area contributed by atoms with Crippen molar-refractivity contribution < 1.29 is 9.59 Å². The Kier molecular flexibility index (Phi) is 3.62. The lowest BCUT2D eigenvalue weighted by Crippen LogP contribution is -2.22. The largest absolute Gasteiger partial charge is 0.402 e. The highest BCUT2D eigenvalue weighted by atomic mass is 16.2. The highest BCUT2D eigenvalue weighted by Gasteiger charge is 2.17. The van der Waals surface area contributed by atoms with Crippen molar-refractivity contribution in [3.05, 3.63) is 65.9 Å². The number of anilines is 1. The van der Waals surface area contributed by atoms with Gasteiger partial charge in [-0.25, -0.2) is 0 Å². The SMILES string of the molecule is CC(=O)/C(C(=O)Nc1cc2ccc3cccc4ccc(c1)c2c34)=C(\C)N. The quantitative estimate of drug-likeness (QED) is 0.252. The Balaban J connectivity index is 1.86. The molecule has 1 amide bonds. The highest BCUT2D eigenvalue weighted by Crippen LogP contribution is 2.36. The zero-order valence-electron chi connectivity index (χ0n) is 14.6. The van der Waals surface area contributed by atoms with E-state index in [1.807, 2.05) is 12.1 Å². The fourth-order valence-corrected chi connectivity index (χ4v) is 3.64. The van der Waals surface area contributed by atoms with Gasteiger partial charge in [-0.05, 0) is 58.3 Å². The second kappa shape index (κ2) is 5.85. The van der Waals surface area contributed by atoms with Gasteiger partial charge in [-0.1, -0.05) is 42.5 Å². The lowest BCUT2D eigenvalue weighted by atomic mass is 9.94. The Morgan fingerprint density at radius 2 is 1.31 bits per heavy atom. The standard InChI is InChI=1S/C22H18N2O2/c1-12(23)19(13(2)25)22(26)24-18-10-16-8-6-14-4-3-5-15-7-9-17(11-18)21(16)20(14)15/h3-11H,23H2,1-2H3,(H,24,26)/b19-12-. The number of carbonyl (C=O) groups is 2. The van der Waals surface area contributed by atoms with E-state index in [0.717, 1.165) is 10.8 Å². The average molecular weight is 342 g/mol. The summed E-state index contributed by atoms with van der Waals surface area (Å²) in [6.07, 6.45) is 0. The summed E-state index contributed by atoms with van der Waals surface area (Å²) in [7, 11) is 0. The summed E-state index contributed by atoms with van der Waals surface area (Å²) in [5, 5.41) is 9.68. The van der Waals surface area contributed by atoms with Crippen molar-refractivity contribution in [1.29, 1.82) is 0 Å². The number of hydrogen-bond donors (Lipinski definition) is 2. The van der Waals surface area contributed by atoms with Gasteiger partial charge in [0, 0.05) is 11.4 Å². The minimum absolute atomic E-state index is 0.00455. The molecule has 0 aliphatic heterocycles. The molecule has 4 nitrogen and oxygen atoms in total. The summed E-state index contributed by atoms with van der Waals surface area (Å²) in [6, 6.07) is 18.4. The zero-order chi connectivity index (χ0) is 18.4. The first-order chi connectivity index (χ1) is 12.5. The molecule has 0 spiro atoms. The number of nitrogens with one attached hydrogen (secondary N) is 1. The molecule has 4 aromatic carbocycles. The molecule has 0 bridgehead atoms. The smallest absolute Gasteiger partial charge is 0.261 e. The second-order valence-electron chi connectivity index (χ2n) is 6.58. The predicted molar refractivity (Wildman–Crippen MR) is 106 cm³/mol. The lowest BCUT2D eigenvalue weighted by Gasteiger charge is -2.13. The summed E-state index contributed by atoms with van der Waals surface area (Å²) in [5.74, 6) is -0.828. The number of hydrogen-bond acceptors (Lipinski definition) is 3. The van der Waals surface area contributed by atoms with Gasteiger partial charge in [0.25, 0.3) is 5.91 Å². The van der Waals surface area contributed by atoms with Crippen molar-refractivity contribution in [3.8, 4) is 0 Å². The summed E-state index contributed by atoms with van der Waals surface area (Å²) < 4.78 is 0. The van der Waals surface area contributed by atoms with E-state index in [4.69, 9.17) is 5.73 Å². The van der Waals surface area contributed by atoms with Gasteiger partial charge in [0.05, 0.1) is 0 Å². The van der Waals surface area contributed by atoms with Crippen molar-refractivity contribution in [3.63, 3.8) is 0 Å². The third-order valence-electron chi connectivity index (χ3n) is 4.69. The monoisotopic (exact) mass is 342 g/mol. The van der Waals surface area contributed by atoms with Crippen LogP contribution in [0.3, 0.4) is 0 Å². The molecule has 0 saturated heterocycles. The first kappa shape index (κ1) is 16.1. The van der Waals surface area contributed by atoms with Crippen LogP contribution in [0.1, 0.15) is 13.8 Å². The zero-order valence-corrected chi connectivity index (χ0v) is 14.6. The fraction of sp³-hybridized carbons (Fsp3) is 0.0909. The van der Waals surface area contributed by atoms with Crippen molar-refractivity contribution >= 4 is 49.7 Å². The number of Topliss-reactive ketones (excluding diaryl/α,β-unsaturated/α-hetero) is 1.